The van der Waals surface area contributed by atoms with Crippen LogP contribution in [-0.2, 0) is 0 Å². The van der Waals surface area contributed by atoms with Gasteiger partial charge < -0.3 is 14.6 Å². The van der Waals surface area contributed by atoms with Gasteiger partial charge in [0.1, 0.15) is 11.4 Å². The average molecular weight is 298 g/mol. The number of nitrogens with one attached hydrogen (secondary N) is 1. The highest BCUT2D eigenvalue weighted by Crippen LogP contribution is 2.32. The Hall–Kier alpha value is -2.23. The first-order chi connectivity index (χ1) is 10.8. The van der Waals surface area contributed by atoms with Crippen molar-refractivity contribution in [3.05, 3.63) is 53.9 Å². The third kappa shape index (κ3) is 3.01. The van der Waals surface area contributed by atoms with E-state index in [4.69, 9.17) is 4.74 Å². The molecule has 4 heteroatoms. The molecule has 1 N–H and O–H groups in total. The van der Waals surface area contributed by atoms with E-state index in [1.807, 2.05) is 29.2 Å². The minimum atomic E-state index is 0.0905. The first-order valence-corrected chi connectivity index (χ1v) is 7.88. The van der Waals surface area contributed by atoms with Crippen LogP contribution >= 0.6 is 0 Å². The molecule has 2 heterocycles. The normalized spacial score (nSPS) is 18.8. The van der Waals surface area contributed by atoms with Gasteiger partial charge in [-0.15, -0.1) is 0 Å². The minimum Gasteiger partial charge on any atom is -0.497 e. The Labute approximate surface area is 131 Å². The molecule has 1 amide bonds. The molecule has 1 fully saturated rings. The topological polar surface area (TPSA) is 45.3 Å². The Morgan fingerprint density at radius 3 is 2.68 bits per heavy atom. The molecule has 1 aliphatic rings. The van der Waals surface area contributed by atoms with Gasteiger partial charge in [-0.05, 0) is 42.7 Å². The summed E-state index contributed by atoms with van der Waals surface area (Å²) in [5.74, 6) is 0.937. The van der Waals surface area contributed by atoms with Crippen LogP contribution < -0.4 is 4.74 Å². The van der Waals surface area contributed by atoms with Gasteiger partial charge in [0, 0.05) is 12.7 Å². The van der Waals surface area contributed by atoms with Crippen LogP contribution in [0, 0.1) is 0 Å². The summed E-state index contributed by atoms with van der Waals surface area (Å²) in [6.07, 6.45) is 6.22. The second-order valence-electron chi connectivity index (χ2n) is 5.72. The number of H-pyrrole nitrogens is 1. The van der Waals surface area contributed by atoms with Gasteiger partial charge in [0.2, 0.25) is 0 Å². The first kappa shape index (κ1) is 14.7. The number of nitrogens with zero attached hydrogens (tertiary/aromatic N) is 1. The molecule has 0 spiro atoms. The first-order valence-electron chi connectivity index (χ1n) is 7.88. The van der Waals surface area contributed by atoms with Gasteiger partial charge in [0.25, 0.3) is 5.91 Å². The second-order valence-corrected chi connectivity index (χ2v) is 5.72. The highest BCUT2D eigenvalue weighted by Gasteiger charge is 2.27. The number of rotatable bonds is 3. The maximum Gasteiger partial charge on any atom is 0.270 e. The van der Waals surface area contributed by atoms with Gasteiger partial charge in [0.05, 0.1) is 13.2 Å². The molecule has 1 aromatic carbocycles. The fourth-order valence-corrected chi connectivity index (χ4v) is 3.14. The summed E-state index contributed by atoms with van der Waals surface area (Å²) in [5.41, 5.74) is 1.85. The number of carbonyl (C=O) groups is 1. The number of hydrogen-bond acceptors (Lipinski definition) is 2. The SMILES string of the molecule is COc1ccc(C2CCCCCN2C(=O)c2ccc[nH]2)cc1. The maximum absolute atomic E-state index is 12.8. The molecule has 0 radical (unpaired) electrons. The summed E-state index contributed by atoms with van der Waals surface area (Å²) in [7, 11) is 1.67. The van der Waals surface area contributed by atoms with E-state index in [1.165, 1.54) is 12.0 Å². The lowest BCUT2D eigenvalue weighted by Gasteiger charge is -2.30. The summed E-state index contributed by atoms with van der Waals surface area (Å²) in [6.45, 7) is 0.814. The number of ether oxygens (including phenoxy) is 1. The molecular weight excluding hydrogens is 276 g/mol. The molecular formula is C18H22N2O2. The summed E-state index contributed by atoms with van der Waals surface area (Å²) in [6, 6.07) is 11.9. The Balaban J connectivity index is 1.88. The third-order valence-electron chi connectivity index (χ3n) is 4.34. The number of likely N-dealkylation sites (tertiary alicyclic amines) is 1. The monoisotopic (exact) mass is 298 g/mol. The maximum atomic E-state index is 12.8. The predicted molar refractivity (Wildman–Crippen MR) is 86.0 cm³/mol. The molecule has 22 heavy (non-hydrogen) atoms. The van der Waals surface area contributed by atoms with Gasteiger partial charge in [-0.25, -0.2) is 0 Å². The second kappa shape index (κ2) is 6.69. The fourth-order valence-electron chi connectivity index (χ4n) is 3.14. The number of aromatic nitrogens is 1. The van der Waals surface area contributed by atoms with E-state index in [9.17, 15) is 4.79 Å². The molecule has 1 atom stereocenters. The fraction of sp³-hybridized carbons (Fsp3) is 0.389. The van der Waals surface area contributed by atoms with Crippen molar-refractivity contribution < 1.29 is 9.53 Å². The predicted octanol–water partition coefficient (Wildman–Crippen LogP) is 3.78. The van der Waals surface area contributed by atoms with Crippen LogP contribution in [0.15, 0.2) is 42.6 Å². The van der Waals surface area contributed by atoms with Crippen molar-refractivity contribution in [1.82, 2.24) is 9.88 Å². The minimum absolute atomic E-state index is 0.0905. The number of amides is 1. The van der Waals surface area contributed by atoms with Crippen molar-refractivity contribution >= 4 is 5.91 Å². The van der Waals surface area contributed by atoms with E-state index in [-0.39, 0.29) is 11.9 Å². The van der Waals surface area contributed by atoms with Gasteiger partial charge in [0.15, 0.2) is 0 Å². The van der Waals surface area contributed by atoms with Crippen LogP contribution in [-0.4, -0.2) is 29.4 Å². The molecule has 116 valence electrons. The van der Waals surface area contributed by atoms with Crippen molar-refractivity contribution in [2.24, 2.45) is 0 Å². The Bertz CT molecular complexity index is 605. The van der Waals surface area contributed by atoms with Gasteiger partial charge in [-0.1, -0.05) is 25.0 Å². The van der Waals surface area contributed by atoms with Crippen LogP contribution in [0.2, 0.25) is 0 Å². The van der Waals surface area contributed by atoms with Crippen LogP contribution in [0.4, 0.5) is 0 Å². The van der Waals surface area contributed by atoms with E-state index < -0.39 is 0 Å². The van der Waals surface area contributed by atoms with Crippen molar-refractivity contribution in [3.63, 3.8) is 0 Å². The van der Waals surface area contributed by atoms with Gasteiger partial charge >= 0.3 is 0 Å². The van der Waals surface area contributed by atoms with Crippen LogP contribution in [0.25, 0.3) is 0 Å². The zero-order valence-electron chi connectivity index (χ0n) is 12.9. The smallest absolute Gasteiger partial charge is 0.270 e. The number of hydrogen-bond donors (Lipinski definition) is 1. The third-order valence-corrected chi connectivity index (χ3v) is 4.34. The molecule has 3 rings (SSSR count). The van der Waals surface area contributed by atoms with E-state index in [1.54, 1.807) is 13.3 Å². The molecule has 1 unspecified atom stereocenters. The molecule has 2 aromatic rings. The Morgan fingerprint density at radius 1 is 1.18 bits per heavy atom. The van der Waals surface area contributed by atoms with Crippen molar-refractivity contribution in [2.45, 2.75) is 31.7 Å². The van der Waals surface area contributed by atoms with Gasteiger partial charge in [-0.2, -0.15) is 0 Å². The largest absolute Gasteiger partial charge is 0.497 e. The van der Waals surface area contributed by atoms with Crippen molar-refractivity contribution in [2.75, 3.05) is 13.7 Å². The van der Waals surface area contributed by atoms with E-state index >= 15 is 0 Å². The Kier molecular flexibility index (Phi) is 4.47. The number of aromatic amines is 1. The lowest BCUT2D eigenvalue weighted by molar-refractivity contribution is 0.0675. The number of benzene rings is 1. The molecule has 0 bridgehead atoms. The van der Waals surface area contributed by atoms with E-state index in [2.05, 4.69) is 17.1 Å². The molecule has 4 nitrogen and oxygen atoms in total. The molecule has 1 aromatic heterocycles. The Morgan fingerprint density at radius 2 is 2.00 bits per heavy atom. The van der Waals surface area contributed by atoms with Crippen LogP contribution in [0.3, 0.4) is 0 Å². The lowest BCUT2D eigenvalue weighted by atomic mass is 10.0. The van der Waals surface area contributed by atoms with E-state index in [0.29, 0.717) is 5.69 Å². The number of carbonyl (C=O) groups excluding carboxylic acids is 1. The lowest BCUT2D eigenvalue weighted by Crippen LogP contribution is -2.35. The van der Waals surface area contributed by atoms with Crippen molar-refractivity contribution in [1.29, 1.82) is 0 Å². The summed E-state index contributed by atoms with van der Waals surface area (Å²) in [5, 5.41) is 0. The highest BCUT2D eigenvalue weighted by atomic mass is 16.5. The molecule has 1 aliphatic heterocycles. The van der Waals surface area contributed by atoms with Gasteiger partial charge in [-0.3, -0.25) is 4.79 Å². The molecule has 0 saturated carbocycles. The average Bonchev–Trinajstić information content (AvgIpc) is 2.99. The standard InChI is InChI=1S/C18H22N2O2/c1-22-15-10-8-14(9-11-15)17-7-3-2-4-13-20(17)18(21)16-6-5-12-19-16/h5-6,8-12,17,19H,2-4,7,13H2,1H3. The number of methoxy groups -OCH3 is 1. The van der Waals surface area contributed by atoms with E-state index in [0.717, 1.165) is 31.6 Å². The molecule has 1 saturated heterocycles. The summed E-state index contributed by atoms with van der Waals surface area (Å²) < 4.78 is 5.23. The van der Waals surface area contributed by atoms with Crippen LogP contribution in [0.5, 0.6) is 5.75 Å². The summed E-state index contributed by atoms with van der Waals surface area (Å²) in [4.78, 5) is 17.8. The highest BCUT2D eigenvalue weighted by molar-refractivity contribution is 5.92. The van der Waals surface area contributed by atoms with Crippen molar-refractivity contribution in [3.8, 4) is 5.75 Å². The molecule has 0 aliphatic carbocycles. The zero-order chi connectivity index (χ0) is 15.4. The quantitative estimate of drug-likeness (QED) is 0.937. The van der Waals surface area contributed by atoms with Crippen LogP contribution in [0.1, 0.15) is 47.8 Å². The summed E-state index contributed by atoms with van der Waals surface area (Å²) >= 11 is 0. The zero-order valence-corrected chi connectivity index (χ0v) is 12.9.